The van der Waals surface area contributed by atoms with Crippen LogP contribution < -0.4 is 20.7 Å². The van der Waals surface area contributed by atoms with Gasteiger partial charge in [-0.3, -0.25) is 9.59 Å². The Morgan fingerprint density at radius 3 is 2.44 bits per heavy atom. The molecule has 1 aliphatic rings. The van der Waals surface area contributed by atoms with Crippen molar-refractivity contribution in [2.24, 2.45) is 5.92 Å². The van der Waals surface area contributed by atoms with Crippen molar-refractivity contribution in [3.8, 4) is 5.75 Å². The van der Waals surface area contributed by atoms with Crippen molar-refractivity contribution in [1.82, 2.24) is 5.32 Å². The normalized spacial score (nSPS) is 15.7. The van der Waals surface area contributed by atoms with Crippen molar-refractivity contribution in [2.45, 2.75) is 39.0 Å². The van der Waals surface area contributed by atoms with Crippen molar-refractivity contribution in [1.29, 1.82) is 0 Å². The maximum atomic E-state index is 13.0. The van der Waals surface area contributed by atoms with Crippen LogP contribution in [-0.4, -0.2) is 36.5 Å². The number of carbonyl (C=O) groups excluding carboxylic acids is 3. The van der Waals surface area contributed by atoms with Gasteiger partial charge >= 0.3 is 6.03 Å². The van der Waals surface area contributed by atoms with Crippen LogP contribution in [0.1, 0.15) is 48.2 Å². The monoisotopic (exact) mass is 525 g/mol. The summed E-state index contributed by atoms with van der Waals surface area (Å²) in [6, 6.07) is 12.8. The zero-order chi connectivity index (χ0) is 25.9. The summed E-state index contributed by atoms with van der Waals surface area (Å²) < 4.78 is 6.04. The number of hydrogen-bond donors (Lipinski definition) is 3. The number of amides is 3. The second-order valence-corrected chi connectivity index (χ2v) is 11.9. The molecular formula is C27H31N3O4S2. The van der Waals surface area contributed by atoms with Gasteiger partial charge in [0.2, 0.25) is 0 Å². The minimum absolute atomic E-state index is 0.0708. The summed E-state index contributed by atoms with van der Waals surface area (Å²) in [5.41, 5.74) is 0.955. The van der Waals surface area contributed by atoms with E-state index in [1.54, 1.807) is 7.05 Å². The van der Waals surface area contributed by atoms with Crippen LogP contribution in [0.3, 0.4) is 0 Å². The smallest absolute Gasteiger partial charge is 0.323 e. The highest BCUT2D eigenvalue weighted by Gasteiger charge is 2.25. The lowest BCUT2D eigenvalue weighted by Crippen LogP contribution is -2.23. The molecule has 1 aliphatic heterocycles. The molecule has 0 radical (unpaired) electrons. The van der Waals surface area contributed by atoms with E-state index in [0.717, 1.165) is 27.8 Å². The molecule has 4 rings (SSSR count). The number of anilines is 2. The van der Waals surface area contributed by atoms with E-state index in [4.69, 9.17) is 4.74 Å². The fraction of sp³-hybridized carbons (Fsp3) is 0.370. The Balaban J connectivity index is 1.50. The van der Waals surface area contributed by atoms with E-state index in [1.165, 1.54) is 23.1 Å². The van der Waals surface area contributed by atoms with Gasteiger partial charge in [-0.25, -0.2) is 4.79 Å². The van der Waals surface area contributed by atoms with Crippen LogP contribution in [0.2, 0.25) is 0 Å². The molecule has 3 N–H and O–H groups in total. The van der Waals surface area contributed by atoms with E-state index in [9.17, 15) is 14.4 Å². The summed E-state index contributed by atoms with van der Waals surface area (Å²) >= 11 is 2.78. The SMILES string of the molecule is CNC(=O)c1sc(C(C)(C)C)cc1NC(=O)Nc1ccc(OCCC2CCSC2=O)c2ccccc12. The minimum atomic E-state index is -0.436. The highest BCUT2D eigenvalue weighted by molar-refractivity contribution is 8.14. The number of urea groups is 1. The number of hydrogen-bond acceptors (Lipinski definition) is 6. The lowest BCUT2D eigenvalue weighted by molar-refractivity contribution is -0.114. The first-order valence-corrected chi connectivity index (χ1v) is 13.7. The summed E-state index contributed by atoms with van der Waals surface area (Å²) in [6.45, 7) is 6.66. The number of thioether (sulfide) groups is 1. The molecule has 1 atom stereocenters. The Morgan fingerprint density at radius 2 is 1.78 bits per heavy atom. The Bertz CT molecular complexity index is 1300. The predicted molar refractivity (Wildman–Crippen MR) is 149 cm³/mol. The Morgan fingerprint density at radius 1 is 1.06 bits per heavy atom. The van der Waals surface area contributed by atoms with Crippen LogP contribution in [0.5, 0.6) is 5.75 Å². The first-order chi connectivity index (χ1) is 17.2. The number of ether oxygens (including phenoxy) is 1. The van der Waals surface area contributed by atoms with E-state index in [-0.39, 0.29) is 22.4 Å². The van der Waals surface area contributed by atoms with Crippen molar-refractivity contribution < 1.29 is 19.1 Å². The van der Waals surface area contributed by atoms with E-state index < -0.39 is 6.03 Å². The van der Waals surface area contributed by atoms with Gasteiger partial charge in [-0.15, -0.1) is 11.3 Å². The highest BCUT2D eigenvalue weighted by atomic mass is 32.2. The molecular weight excluding hydrogens is 494 g/mol. The van der Waals surface area contributed by atoms with E-state index in [1.807, 2.05) is 42.5 Å². The Kier molecular flexibility index (Phi) is 7.90. The third-order valence-corrected chi connectivity index (χ3v) is 8.67. The molecule has 0 aliphatic carbocycles. The molecule has 1 aromatic heterocycles. The van der Waals surface area contributed by atoms with Gasteiger partial charge in [-0.2, -0.15) is 0 Å². The number of thiophene rings is 1. The van der Waals surface area contributed by atoms with Crippen molar-refractivity contribution in [2.75, 3.05) is 30.0 Å². The molecule has 36 heavy (non-hydrogen) atoms. The molecule has 7 nitrogen and oxygen atoms in total. The van der Waals surface area contributed by atoms with Gasteiger partial charge in [0.1, 0.15) is 10.6 Å². The number of nitrogens with one attached hydrogen (secondary N) is 3. The molecule has 2 aromatic carbocycles. The molecule has 1 unspecified atom stereocenters. The maximum absolute atomic E-state index is 13.0. The van der Waals surface area contributed by atoms with Crippen LogP contribution in [0, 0.1) is 5.92 Å². The van der Waals surface area contributed by atoms with E-state index >= 15 is 0 Å². The fourth-order valence-corrected chi connectivity index (χ4v) is 6.22. The van der Waals surface area contributed by atoms with Gasteiger partial charge in [0, 0.05) is 34.4 Å². The van der Waals surface area contributed by atoms with E-state index in [0.29, 0.717) is 35.0 Å². The molecule has 1 fully saturated rings. The van der Waals surface area contributed by atoms with Gasteiger partial charge < -0.3 is 20.7 Å². The molecule has 0 spiro atoms. The van der Waals surface area contributed by atoms with Crippen LogP contribution in [0.4, 0.5) is 16.2 Å². The molecule has 0 saturated carbocycles. The number of benzene rings is 2. The molecule has 2 heterocycles. The number of rotatable bonds is 7. The zero-order valence-electron chi connectivity index (χ0n) is 20.9. The lowest BCUT2D eigenvalue weighted by Gasteiger charge is -2.15. The van der Waals surface area contributed by atoms with Crippen LogP contribution in [0.15, 0.2) is 42.5 Å². The first kappa shape index (κ1) is 26.0. The summed E-state index contributed by atoms with van der Waals surface area (Å²) in [5.74, 6) is 1.43. The van der Waals surface area contributed by atoms with Gasteiger partial charge in [0.25, 0.3) is 5.91 Å². The topological polar surface area (TPSA) is 96.5 Å². The van der Waals surface area contributed by atoms with Crippen molar-refractivity contribution in [3.63, 3.8) is 0 Å². The summed E-state index contributed by atoms with van der Waals surface area (Å²) in [7, 11) is 1.57. The van der Waals surface area contributed by atoms with Gasteiger partial charge in [-0.05, 0) is 36.5 Å². The zero-order valence-corrected chi connectivity index (χ0v) is 22.5. The fourth-order valence-electron chi connectivity index (χ4n) is 4.03. The highest BCUT2D eigenvalue weighted by Crippen LogP contribution is 2.36. The second kappa shape index (κ2) is 10.9. The standard InChI is InChI=1S/C27H31N3O4S2/c1-27(2,3)22-15-20(23(36-22)24(31)28-4)30-26(33)29-19-9-10-21(18-8-6-5-7-17(18)19)34-13-11-16-12-14-35-25(16)32/h5-10,15-16H,11-14H2,1-4H3,(H,28,31)(H2,29,30,33). The van der Waals surface area contributed by atoms with Crippen LogP contribution in [-0.2, 0) is 10.2 Å². The molecule has 0 bridgehead atoms. The van der Waals surface area contributed by atoms with Gasteiger partial charge in [0.15, 0.2) is 5.12 Å². The molecule has 1 saturated heterocycles. The summed E-state index contributed by atoms with van der Waals surface area (Å²) in [5, 5.41) is 10.4. The average molecular weight is 526 g/mol. The predicted octanol–water partition coefficient (Wildman–Crippen LogP) is 6.25. The van der Waals surface area contributed by atoms with Gasteiger partial charge in [-0.1, -0.05) is 56.8 Å². The third-order valence-electron chi connectivity index (χ3n) is 6.05. The lowest BCUT2D eigenvalue weighted by atomic mass is 9.94. The largest absolute Gasteiger partial charge is 0.493 e. The minimum Gasteiger partial charge on any atom is -0.493 e. The van der Waals surface area contributed by atoms with Crippen LogP contribution >= 0.6 is 23.1 Å². The van der Waals surface area contributed by atoms with Crippen molar-refractivity contribution >= 4 is 62.3 Å². The quantitative estimate of drug-likeness (QED) is 0.339. The first-order valence-electron chi connectivity index (χ1n) is 11.9. The number of fused-ring (bicyclic) bond motifs is 1. The van der Waals surface area contributed by atoms with E-state index in [2.05, 4.69) is 36.7 Å². The molecule has 9 heteroatoms. The average Bonchev–Trinajstić information content (AvgIpc) is 3.46. The second-order valence-electron chi connectivity index (χ2n) is 9.71. The number of carbonyl (C=O) groups is 3. The molecule has 3 amide bonds. The molecule has 190 valence electrons. The summed E-state index contributed by atoms with van der Waals surface area (Å²) in [4.78, 5) is 38.7. The Labute approximate surface area is 219 Å². The third kappa shape index (κ3) is 5.84. The van der Waals surface area contributed by atoms with Gasteiger partial charge in [0.05, 0.1) is 18.0 Å². The summed E-state index contributed by atoms with van der Waals surface area (Å²) in [6.07, 6.45) is 1.61. The Hall–Kier alpha value is -3.04. The van der Waals surface area contributed by atoms with Crippen molar-refractivity contribution in [3.05, 3.63) is 52.2 Å². The molecule has 3 aromatic rings. The maximum Gasteiger partial charge on any atom is 0.323 e. The van der Waals surface area contributed by atoms with Crippen LogP contribution in [0.25, 0.3) is 10.8 Å².